The number of carbonyl (C=O) groups is 1. The van der Waals surface area contributed by atoms with E-state index in [4.69, 9.17) is 10.7 Å². The molecule has 4 aromatic rings. The molecule has 3 aromatic heterocycles. The number of nitrogens with two attached hydrogens (primary N) is 1. The highest BCUT2D eigenvalue weighted by molar-refractivity contribution is 5.89. The van der Waals surface area contributed by atoms with Crippen molar-refractivity contribution in [1.82, 2.24) is 24.3 Å². The summed E-state index contributed by atoms with van der Waals surface area (Å²) in [6.07, 6.45) is 1.26. The lowest BCUT2D eigenvalue weighted by molar-refractivity contribution is -0.0461. The normalized spacial score (nSPS) is 15.2. The fraction of sp³-hybridized carbons (Fsp3) is 0.250. The van der Waals surface area contributed by atoms with Gasteiger partial charge in [0, 0.05) is 49.6 Å². The van der Waals surface area contributed by atoms with E-state index >= 15 is 0 Å². The second-order valence-electron chi connectivity index (χ2n) is 8.44. The Morgan fingerprint density at radius 3 is 2.46 bits per heavy atom. The number of nitrogens with one attached hydrogen (secondary N) is 2. The highest BCUT2D eigenvalue weighted by Gasteiger charge is 2.35. The van der Waals surface area contributed by atoms with E-state index in [-0.39, 0.29) is 32.0 Å². The standard InChI is InChI=1S/C24H24F2N8O/c1-15-28-18(14-19(27)29-15)21-22(32-20-4-2-3-11-34(20)21)30-16-5-7-17(8-6-16)31-23(35)33-12-9-24(25,26)10-13-33/h2-8,11,14,30H,9-10,12-13H2,1H3,(H,31,35)(H2,27,28,29). The van der Waals surface area contributed by atoms with E-state index in [1.165, 1.54) is 4.90 Å². The minimum Gasteiger partial charge on any atom is -0.384 e. The van der Waals surface area contributed by atoms with Gasteiger partial charge in [-0.15, -0.1) is 0 Å². The van der Waals surface area contributed by atoms with Crippen molar-refractivity contribution in [2.75, 3.05) is 29.5 Å². The number of alkyl halides is 2. The first-order chi connectivity index (χ1) is 16.8. The molecule has 4 heterocycles. The molecule has 0 saturated carbocycles. The quantitative estimate of drug-likeness (QED) is 0.392. The first-order valence-electron chi connectivity index (χ1n) is 11.2. The predicted octanol–water partition coefficient (Wildman–Crippen LogP) is 4.69. The van der Waals surface area contributed by atoms with Gasteiger partial charge in [0.05, 0.1) is 5.69 Å². The molecule has 1 aliphatic rings. The number of nitrogens with zero attached hydrogens (tertiary/aromatic N) is 5. The molecule has 1 fully saturated rings. The smallest absolute Gasteiger partial charge is 0.321 e. The van der Waals surface area contributed by atoms with Crippen LogP contribution in [0.3, 0.4) is 0 Å². The highest BCUT2D eigenvalue weighted by atomic mass is 19.3. The lowest BCUT2D eigenvalue weighted by Crippen LogP contribution is -2.44. The van der Waals surface area contributed by atoms with Crippen molar-refractivity contribution >= 4 is 34.7 Å². The summed E-state index contributed by atoms with van der Waals surface area (Å²) in [7, 11) is 0. The van der Waals surface area contributed by atoms with Crippen molar-refractivity contribution in [2.24, 2.45) is 0 Å². The first-order valence-corrected chi connectivity index (χ1v) is 11.2. The Kier molecular flexibility index (Phi) is 5.67. The van der Waals surface area contributed by atoms with Gasteiger partial charge in [-0.05, 0) is 43.3 Å². The fourth-order valence-corrected chi connectivity index (χ4v) is 4.05. The van der Waals surface area contributed by atoms with Crippen LogP contribution >= 0.6 is 0 Å². The number of carbonyl (C=O) groups excluding carboxylic acids is 1. The molecule has 4 N–H and O–H groups in total. The van der Waals surface area contributed by atoms with Crippen LogP contribution in [-0.2, 0) is 0 Å². The summed E-state index contributed by atoms with van der Waals surface area (Å²) >= 11 is 0. The number of piperidine rings is 1. The SMILES string of the molecule is Cc1nc(N)cc(-c2c(Nc3ccc(NC(=O)N4CCC(F)(F)CC4)cc3)nc3ccccn23)n1. The largest absolute Gasteiger partial charge is 0.384 e. The molecule has 1 aliphatic heterocycles. The number of benzene rings is 1. The first kappa shape index (κ1) is 22.5. The zero-order valence-electron chi connectivity index (χ0n) is 19.0. The van der Waals surface area contributed by atoms with Crippen LogP contribution in [0.2, 0.25) is 0 Å². The second kappa shape index (κ2) is 8.82. The number of fused-ring (bicyclic) bond motifs is 1. The van der Waals surface area contributed by atoms with Gasteiger partial charge in [0.25, 0.3) is 5.92 Å². The second-order valence-corrected chi connectivity index (χ2v) is 8.44. The average molecular weight is 479 g/mol. The van der Waals surface area contributed by atoms with Crippen LogP contribution in [0, 0.1) is 6.92 Å². The van der Waals surface area contributed by atoms with Crippen molar-refractivity contribution in [1.29, 1.82) is 0 Å². The molecule has 9 nitrogen and oxygen atoms in total. The zero-order valence-corrected chi connectivity index (χ0v) is 19.0. The van der Waals surface area contributed by atoms with Crippen LogP contribution in [0.1, 0.15) is 18.7 Å². The van der Waals surface area contributed by atoms with E-state index in [1.54, 1.807) is 37.3 Å². The van der Waals surface area contributed by atoms with Crippen LogP contribution in [0.4, 0.5) is 36.6 Å². The number of hydrogen-bond acceptors (Lipinski definition) is 6. The monoisotopic (exact) mass is 478 g/mol. The van der Waals surface area contributed by atoms with Crippen LogP contribution in [0.5, 0.6) is 0 Å². The van der Waals surface area contributed by atoms with E-state index in [0.29, 0.717) is 28.8 Å². The number of imidazole rings is 1. The Morgan fingerprint density at radius 1 is 1.03 bits per heavy atom. The van der Waals surface area contributed by atoms with Gasteiger partial charge in [-0.25, -0.2) is 28.5 Å². The van der Waals surface area contributed by atoms with E-state index in [0.717, 1.165) is 17.0 Å². The summed E-state index contributed by atoms with van der Waals surface area (Å²) in [5, 5.41) is 6.08. The summed E-state index contributed by atoms with van der Waals surface area (Å²) in [6, 6.07) is 14.1. The van der Waals surface area contributed by atoms with Gasteiger partial charge in [-0.3, -0.25) is 4.40 Å². The number of halogens is 2. The predicted molar refractivity (Wildman–Crippen MR) is 130 cm³/mol. The lowest BCUT2D eigenvalue weighted by atomic mass is 10.1. The van der Waals surface area contributed by atoms with E-state index < -0.39 is 5.92 Å². The zero-order chi connectivity index (χ0) is 24.6. The molecule has 2 amide bonds. The third kappa shape index (κ3) is 4.84. The van der Waals surface area contributed by atoms with Crippen LogP contribution in [0.15, 0.2) is 54.7 Å². The van der Waals surface area contributed by atoms with Gasteiger partial charge in [0.1, 0.15) is 23.0 Å². The molecule has 5 rings (SSSR count). The summed E-state index contributed by atoms with van der Waals surface area (Å²) in [4.78, 5) is 27.2. The molecule has 0 radical (unpaired) electrons. The van der Waals surface area contributed by atoms with Crippen LogP contribution in [0.25, 0.3) is 17.0 Å². The average Bonchev–Trinajstić information content (AvgIpc) is 3.17. The molecular weight excluding hydrogens is 454 g/mol. The fourth-order valence-electron chi connectivity index (χ4n) is 4.05. The number of rotatable bonds is 4. The van der Waals surface area contributed by atoms with Crippen molar-refractivity contribution < 1.29 is 13.6 Å². The Labute approximate surface area is 200 Å². The Bertz CT molecular complexity index is 1360. The van der Waals surface area contributed by atoms with Gasteiger partial charge in [-0.2, -0.15) is 0 Å². The van der Waals surface area contributed by atoms with Crippen LogP contribution in [-0.4, -0.2) is 49.3 Å². The minimum atomic E-state index is -2.70. The van der Waals surface area contributed by atoms with Crippen LogP contribution < -0.4 is 16.4 Å². The number of urea groups is 1. The number of aryl methyl sites for hydroxylation is 1. The molecule has 0 aliphatic carbocycles. The Hall–Kier alpha value is -4.28. The van der Waals surface area contributed by atoms with Crippen molar-refractivity contribution in [2.45, 2.75) is 25.7 Å². The molecule has 180 valence electrons. The maximum absolute atomic E-state index is 13.4. The molecule has 0 spiro atoms. The van der Waals surface area contributed by atoms with Gasteiger partial charge in [0.15, 0.2) is 5.82 Å². The number of likely N-dealkylation sites (tertiary alicyclic amines) is 1. The van der Waals surface area contributed by atoms with Gasteiger partial charge in [-0.1, -0.05) is 6.07 Å². The van der Waals surface area contributed by atoms with E-state index in [9.17, 15) is 13.6 Å². The Morgan fingerprint density at radius 2 is 1.74 bits per heavy atom. The molecule has 0 bridgehead atoms. The third-order valence-electron chi connectivity index (χ3n) is 5.81. The Balaban J connectivity index is 1.36. The molecule has 1 aromatic carbocycles. The molecule has 0 unspecified atom stereocenters. The number of nitrogen functional groups attached to an aromatic ring is 1. The van der Waals surface area contributed by atoms with Gasteiger partial charge < -0.3 is 21.3 Å². The maximum Gasteiger partial charge on any atom is 0.321 e. The highest BCUT2D eigenvalue weighted by Crippen LogP contribution is 2.31. The number of amides is 2. The van der Waals surface area contributed by atoms with Gasteiger partial charge in [0.2, 0.25) is 0 Å². The number of hydrogen-bond donors (Lipinski definition) is 3. The molecule has 11 heteroatoms. The summed E-state index contributed by atoms with van der Waals surface area (Å²) < 4.78 is 28.6. The summed E-state index contributed by atoms with van der Waals surface area (Å²) in [6.45, 7) is 1.84. The maximum atomic E-state index is 13.4. The van der Waals surface area contributed by atoms with Crippen molar-refractivity contribution in [3.63, 3.8) is 0 Å². The third-order valence-corrected chi connectivity index (χ3v) is 5.81. The topological polar surface area (TPSA) is 113 Å². The molecule has 1 saturated heterocycles. The number of pyridine rings is 1. The minimum absolute atomic E-state index is 0.0299. The molecule has 0 atom stereocenters. The number of aromatic nitrogens is 4. The van der Waals surface area contributed by atoms with Crippen molar-refractivity contribution in [3.8, 4) is 11.4 Å². The van der Waals surface area contributed by atoms with E-state index in [2.05, 4.69) is 20.6 Å². The number of anilines is 4. The van der Waals surface area contributed by atoms with E-state index in [1.807, 2.05) is 28.8 Å². The molecule has 35 heavy (non-hydrogen) atoms. The van der Waals surface area contributed by atoms with Gasteiger partial charge >= 0.3 is 6.03 Å². The lowest BCUT2D eigenvalue weighted by Gasteiger charge is -2.31. The summed E-state index contributed by atoms with van der Waals surface area (Å²) in [5.41, 5.74) is 9.36. The summed E-state index contributed by atoms with van der Waals surface area (Å²) in [5.74, 6) is -1.20. The molecular formula is C24H24F2N8O. The van der Waals surface area contributed by atoms with Crippen molar-refractivity contribution in [3.05, 3.63) is 60.6 Å².